The molecular formula is C23H22N4O2. The Balaban J connectivity index is 1.50. The van der Waals surface area contributed by atoms with Crippen LogP contribution in [0.3, 0.4) is 0 Å². The van der Waals surface area contributed by atoms with E-state index in [1.54, 1.807) is 29.1 Å². The Morgan fingerprint density at radius 2 is 1.93 bits per heavy atom. The highest BCUT2D eigenvalue weighted by Crippen LogP contribution is 2.27. The minimum atomic E-state index is -0.348. The van der Waals surface area contributed by atoms with Gasteiger partial charge in [-0.25, -0.2) is 14.8 Å². The number of nitrogens with zero attached hydrogens (tertiary/aromatic N) is 4. The van der Waals surface area contributed by atoms with Gasteiger partial charge in [-0.1, -0.05) is 24.0 Å². The lowest BCUT2D eigenvalue weighted by molar-refractivity contribution is 0.280. The van der Waals surface area contributed by atoms with E-state index in [0.29, 0.717) is 11.7 Å². The summed E-state index contributed by atoms with van der Waals surface area (Å²) in [5.41, 5.74) is 2.46. The summed E-state index contributed by atoms with van der Waals surface area (Å²) in [7, 11) is 0. The molecular weight excluding hydrogens is 364 g/mol. The van der Waals surface area contributed by atoms with Gasteiger partial charge >= 0.3 is 5.69 Å². The molecule has 2 aromatic heterocycles. The minimum Gasteiger partial charge on any atom is -0.469 e. The molecule has 146 valence electrons. The van der Waals surface area contributed by atoms with E-state index in [2.05, 4.69) is 26.8 Å². The van der Waals surface area contributed by atoms with Crippen LogP contribution >= 0.6 is 0 Å². The maximum atomic E-state index is 12.7. The first-order valence-electron chi connectivity index (χ1n) is 9.70. The number of hydrogen-bond donors (Lipinski definition) is 0. The van der Waals surface area contributed by atoms with Crippen molar-refractivity contribution in [2.45, 2.75) is 39.3 Å². The van der Waals surface area contributed by atoms with Gasteiger partial charge in [0, 0.05) is 35.6 Å². The van der Waals surface area contributed by atoms with Crippen molar-refractivity contribution in [3.63, 3.8) is 0 Å². The summed E-state index contributed by atoms with van der Waals surface area (Å²) >= 11 is 0. The Labute approximate surface area is 169 Å². The molecule has 0 bridgehead atoms. The van der Waals surface area contributed by atoms with E-state index in [1.165, 1.54) is 12.8 Å². The summed E-state index contributed by atoms with van der Waals surface area (Å²) in [5, 5.41) is 0. The first kappa shape index (κ1) is 18.9. The van der Waals surface area contributed by atoms with Gasteiger partial charge in [0.05, 0.1) is 6.04 Å². The van der Waals surface area contributed by atoms with Gasteiger partial charge < -0.3 is 4.74 Å². The van der Waals surface area contributed by atoms with Crippen LogP contribution in [0.2, 0.25) is 0 Å². The molecule has 0 radical (unpaired) electrons. The largest absolute Gasteiger partial charge is 0.469 e. The number of benzene rings is 1. The smallest absolute Gasteiger partial charge is 0.351 e. The predicted octanol–water partition coefficient (Wildman–Crippen LogP) is 3.29. The molecule has 29 heavy (non-hydrogen) atoms. The molecule has 1 saturated carbocycles. The summed E-state index contributed by atoms with van der Waals surface area (Å²) in [4.78, 5) is 24.9. The maximum absolute atomic E-state index is 12.7. The van der Waals surface area contributed by atoms with Crippen molar-refractivity contribution in [2.24, 2.45) is 5.92 Å². The van der Waals surface area contributed by atoms with Crippen LogP contribution in [0.4, 0.5) is 0 Å². The van der Waals surface area contributed by atoms with E-state index in [4.69, 9.17) is 4.74 Å². The summed E-state index contributed by atoms with van der Waals surface area (Å²) in [5.74, 6) is 7.86. The lowest BCUT2D eigenvalue weighted by Gasteiger charge is -2.18. The zero-order valence-corrected chi connectivity index (χ0v) is 16.5. The normalized spacial score (nSPS) is 14.0. The first-order chi connectivity index (χ1) is 14.1. The van der Waals surface area contributed by atoms with E-state index < -0.39 is 0 Å². The van der Waals surface area contributed by atoms with Gasteiger partial charge in [0.1, 0.15) is 6.61 Å². The Morgan fingerprint density at radius 3 is 2.59 bits per heavy atom. The third kappa shape index (κ3) is 4.69. The zero-order valence-electron chi connectivity index (χ0n) is 16.5. The molecule has 0 saturated heterocycles. The average Bonchev–Trinajstić information content (AvgIpc) is 3.56. The molecule has 1 atom stereocenters. The van der Waals surface area contributed by atoms with Crippen LogP contribution in [0.25, 0.3) is 0 Å². The number of aryl methyl sites for hydroxylation is 1. The number of hydrogen-bond acceptors (Lipinski definition) is 5. The highest BCUT2D eigenvalue weighted by atomic mass is 16.5. The van der Waals surface area contributed by atoms with Gasteiger partial charge in [-0.2, -0.15) is 4.98 Å². The lowest BCUT2D eigenvalue weighted by atomic mass is 10.1. The van der Waals surface area contributed by atoms with Crippen molar-refractivity contribution in [3.8, 4) is 17.7 Å². The quantitative estimate of drug-likeness (QED) is 0.630. The average molecular weight is 386 g/mol. The second kappa shape index (κ2) is 8.27. The molecule has 1 aromatic carbocycles. The molecule has 2 heterocycles. The van der Waals surface area contributed by atoms with E-state index >= 15 is 0 Å². The van der Waals surface area contributed by atoms with Crippen LogP contribution in [0.5, 0.6) is 5.88 Å². The minimum absolute atomic E-state index is 0.146. The van der Waals surface area contributed by atoms with Crippen molar-refractivity contribution in [2.75, 3.05) is 0 Å². The summed E-state index contributed by atoms with van der Waals surface area (Å²) in [6.45, 7) is 4.02. The molecule has 0 aliphatic heterocycles. The number of rotatable bonds is 5. The highest BCUT2D eigenvalue weighted by Gasteiger charge is 2.18. The van der Waals surface area contributed by atoms with Gasteiger partial charge in [-0.05, 0) is 50.5 Å². The molecule has 0 N–H and O–H groups in total. The molecule has 1 fully saturated rings. The highest BCUT2D eigenvalue weighted by molar-refractivity contribution is 5.38. The standard InChI is InChI=1S/C23H22N4O2/c1-16-14-22(29-15-21-24-12-3-13-25-21)26-23(28)27(16)17(2)20-10-8-19(9-11-20)7-6-18-4-5-18/h3,8-14,17-18H,4-5,15H2,1-2H3. The van der Waals surface area contributed by atoms with Crippen molar-refractivity contribution >= 4 is 0 Å². The van der Waals surface area contributed by atoms with Gasteiger partial charge in [0.2, 0.25) is 5.88 Å². The van der Waals surface area contributed by atoms with E-state index in [-0.39, 0.29) is 24.2 Å². The van der Waals surface area contributed by atoms with Crippen LogP contribution in [0.1, 0.15) is 48.5 Å². The molecule has 4 rings (SSSR count). The monoisotopic (exact) mass is 386 g/mol. The molecule has 3 aromatic rings. The maximum Gasteiger partial charge on any atom is 0.351 e. The van der Waals surface area contributed by atoms with E-state index in [0.717, 1.165) is 16.8 Å². The Hall–Kier alpha value is -3.46. The van der Waals surface area contributed by atoms with Crippen LogP contribution in [0.15, 0.2) is 53.6 Å². The molecule has 1 unspecified atom stereocenters. The fourth-order valence-electron chi connectivity index (χ4n) is 3.07. The van der Waals surface area contributed by atoms with Crippen LogP contribution in [-0.2, 0) is 6.61 Å². The Kier molecular flexibility index (Phi) is 5.39. The Morgan fingerprint density at radius 1 is 1.21 bits per heavy atom. The lowest BCUT2D eigenvalue weighted by Crippen LogP contribution is -2.28. The van der Waals surface area contributed by atoms with Gasteiger partial charge in [0.25, 0.3) is 0 Å². The van der Waals surface area contributed by atoms with E-state index in [1.807, 2.05) is 38.1 Å². The summed E-state index contributed by atoms with van der Waals surface area (Å²) in [6, 6.07) is 11.4. The van der Waals surface area contributed by atoms with Crippen LogP contribution in [-0.4, -0.2) is 19.5 Å². The van der Waals surface area contributed by atoms with E-state index in [9.17, 15) is 4.79 Å². The zero-order chi connectivity index (χ0) is 20.2. The van der Waals surface area contributed by atoms with Gasteiger partial charge in [-0.15, -0.1) is 0 Å². The summed E-state index contributed by atoms with van der Waals surface area (Å²) < 4.78 is 7.26. The molecule has 1 aliphatic carbocycles. The number of aromatic nitrogens is 4. The summed E-state index contributed by atoms with van der Waals surface area (Å²) in [6.07, 6.45) is 5.73. The first-order valence-corrected chi connectivity index (χ1v) is 9.70. The molecule has 1 aliphatic rings. The van der Waals surface area contributed by atoms with Crippen molar-refractivity contribution in [1.82, 2.24) is 19.5 Å². The fourth-order valence-corrected chi connectivity index (χ4v) is 3.07. The second-order valence-corrected chi connectivity index (χ2v) is 7.18. The second-order valence-electron chi connectivity index (χ2n) is 7.18. The third-order valence-corrected chi connectivity index (χ3v) is 4.87. The fraction of sp³-hybridized carbons (Fsp3) is 0.304. The van der Waals surface area contributed by atoms with Crippen molar-refractivity contribution in [1.29, 1.82) is 0 Å². The Bertz CT molecular complexity index is 1110. The van der Waals surface area contributed by atoms with Crippen LogP contribution < -0.4 is 10.4 Å². The molecule has 0 spiro atoms. The van der Waals surface area contributed by atoms with Crippen molar-refractivity contribution in [3.05, 3.63) is 81.9 Å². The number of ether oxygens (including phenoxy) is 1. The van der Waals surface area contributed by atoms with Gasteiger partial charge in [0.15, 0.2) is 5.82 Å². The van der Waals surface area contributed by atoms with Gasteiger partial charge in [-0.3, -0.25) is 4.57 Å². The SMILES string of the molecule is Cc1cc(OCc2ncccn2)nc(=O)n1C(C)c1ccc(C#CC2CC2)cc1. The topological polar surface area (TPSA) is 69.9 Å². The molecule has 6 nitrogen and oxygen atoms in total. The predicted molar refractivity (Wildman–Crippen MR) is 109 cm³/mol. The third-order valence-electron chi connectivity index (χ3n) is 4.87. The molecule has 0 amide bonds. The molecule has 6 heteroatoms. The van der Waals surface area contributed by atoms with Crippen LogP contribution in [0, 0.1) is 24.7 Å². The van der Waals surface area contributed by atoms with Crippen molar-refractivity contribution < 1.29 is 4.74 Å².